The van der Waals surface area contributed by atoms with Gasteiger partial charge in [-0.2, -0.15) is 0 Å². The molecule has 1 aromatic heterocycles. The molecule has 1 unspecified atom stereocenters. The molecular formula is C9H12BrClN2. The van der Waals surface area contributed by atoms with Crippen LogP contribution in [0.15, 0.2) is 11.8 Å². The Hall–Kier alpha value is -0.280. The fourth-order valence-electron chi connectivity index (χ4n) is 0.855. The van der Waals surface area contributed by atoms with E-state index < -0.39 is 0 Å². The molecule has 13 heavy (non-hydrogen) atoms. The van der Waals surface area contributed by atoms with Crippen molar-refractivity contribution < 1.29 is 0 Å². The summed E-state index contributed by atoms with van der Waals surface area (Å²) in [4.78, 5) is 4.54. The summed E-state index contributed by atoms with van der Waals surface area (Å²) in [5, 5.41) is 0.654. The Balaban J connectivity index is 2.97. The fourth-order valence-corrected chi connectivity index (χ4v) is 1.12. The number of imidazole rings is 1. The first-order valence-corrected chi connectivity index (χ1v) is 5.31. The van der Waals surface area contributed by atoms with Gasteiger partial charge in [0.1, 0.15) is 11.0 Å². The van der Waals surface area contributed by atoms with Crippen molar-refractivity contribution in [3.05, 3.63) is 22.7 Å². The van der Waals surface area contributed by atoms with Crippen molar-refractivity contribution >= 4 is 33.6 Å². The van der Waals surface area contributed by atoms with E-state index in [1.54, 1.807) is 6.20 Å². The number of hydrogen-bond donors (Lipinski definition) is 0. The van der Waals surface area contributed by atoms with Gasteiger partial charge < -0.3 is 4.57 Å². The molecule has 0 amide bonds. The highest BCUT2D eigenvalue weighted by atomic mass is 79.9. The van der Waals surface area contributed by atoms with Gasteiger partial charge in [-0.15, -0.1) is 0 Å². The largest absolute Gasteiger partial charge is 0.319 e. The molecule has 0 radical (unpaired) electrons. The van der Waals surface area contributed by atoms with Crippen LogP contribution in [0.2, 0.25) is 5.15 Å². The number of aromatic nitrogens is 2. The monoisotopic (exact) mass is 262 g/mol. The average Bonchev–Trinajstić information content (AvgIpc) is 2.36. The van der Waals surface area contributed by atoms with Crippen molar-refractivity contribution in [2.24, 2.45) is 7.05 Å². The molecule has 0 aliphatic rings. The zero-order chi connectivity index (χ0) is 10.0. The van der Waals surface area contributed by atoms with E-state index in [-0.39, 0.29) is 0 Å². The number of allylic oxidation sites excluding steroid dienone is 1. The molecule has 0 aromatic carbocycles. The predicted octanol–water partition coefficient (Wildman–Crippen LogP) is 3.26. The van der Waals surface area contributed by atoms with Gasteiger partial charge in [0, 0.05) is 11.9 Å². The molecule has 0 saturated heterocycles. The third-order valence-corrected chi connectivity index (χ3v) is 3.02. The Bertz CT molecular complexity index is 328. The van der Waals surface area contributed by atoms with Gasteiger partial charge in [0.2, 0.25) is 0 Å². The molecule has 72 valence electrons. The van der Waals surface area contributed by atoms with Crippen LogP contribution in [-0.4, -0.2) is 14.4 Å². The quantitative estimate of drug-likeness (QED) is 0.749. The van der Waals surface area contributed by atoms with Gasteiger partial charge in [-0.05, 0) is 19.9 Å². The van der Waals surface area contributed by atoms with Crippen molar-refractivity contribution in [1.82, 2.24) is 9.55 Å². The van der Waals surface area contributed by atoms with Gasteiger partial charge in [0.25, 0.3) is 0 Å². The second kappa shape index (κ2) is 4.29. The number of nitrogens with zero attached hydrogens (tertiary/aromatic N) is 2. The molecule has 4 heteroatoms. The molecule has 1 rings (SSSR count). The predicted molar refractivity (Wildman–Crippen MR) is 60.3 cm³/mol. The lowest BCUT2D eigenvalue weighted by Gasteiger charge is -2.03. The Kier molecular flexibility index (Phi) is 3.56. The Labute approximate surface area is 91.7 Å². The molecular weight excluding hydrogens is 251 g/mol. The third-order valence-electron chi connectivity index (χ3n) is 1.95. The highest BCUT2D eigenvalue weighted by Gasteiger charge is 2.03. The highest BCUT2D eigenvalue weighted by molar-refractivity contribution is 9.09. The van der Waals surface area contributed by atoms with Crippen LogP contribution in [0, 0.1) is 0 Å². The van der Waals surface area contributed by atoms with Crippen LogP contribution >= 0.6 is 27.5 Å². The normalized spacial score (nSPS) is 14.7. The Morgan fingerprint density at radius 3 is 2.77 bits per heavy atom. The van der Waals surface area contributed by atoms with Crippen LogP contribution < -0.4 is 0 Å². The van der Waals surface area contributed by atoms with Crippen LogP contribution in [0.25, 0.3) is 6.08 Å². The minimum Gasteiger partial charge on any atom is -0.319 e. The summed E-state index contributed by atoms with van der Waals surface area (Å²) in [6.45, 7) is 4.14. The maximum atomic E-state index is 5.85. The number of alkyl halides is 1. The van der Waals surface area contributed by atoms with E-state index in [4.69, 9.17) is 11.6 Å². The van der Waals surface area contributed by atoms with Gasteiger partial charge in [0.15, 0.2) is 0 Å². The van der Waals surface area contributed by atoms with E-state index in [9.17, 15) is 0 Å². The SMILES string of the molecule is C/C(=C\c1ncc(Cl)n1C)C(C)Br. The molecule has 0 spiro atoms. The van der Waals surface area contributed by atoms with E-state index in [2.05, 4.69) is 34.8 Å². The molecule has 1 aromatic rings. The van der Waals surface area contributed by atoms with E-state index in [0.29, 0.717) is 9.98 Å². The van der Waals surface area contributed by atoms with Crippen molar-refractivity contribution in [3.8, 4) is 0 Å². The first-order valence-electron chi connectivity index (χ1n) is 4.02. The molecule has 0 fully saturated rings. The van der Waals surface area contributed by atoms with Crippen LogP contribution in [0.1, 0.15) is 19.7 Å². The summed E-state index contributed by atoms with van der Waals surface area (Å²) in [6, 6.07) is 0. The lowest BCUT2D eigenvalue weighted by atomic mass is 10.2. The van der Waals surface area contributed by atoms with Crippen LogP contribution in [0.4, 0.5) is 0 Å². The third kappa shape index (κ3) is 2.58. The van der Waals surface area contributed by atoms with Crippen LogP contribution in [0.3, 0.4) is 0 Å². The summed E-state index contributed by atoms with van der Waals surface area (Å²) in [5.41, 5.74) is 1.23. The van der Waals surface area contributed by atoms with E-state index in [1.165, 1.54) is 5.57 Å². The number of rotatable bonds is 2. The minimum atomic E-state index is 0.364. The van der Waals surface area contributed by atoms with Crippen molar-refractivity contribution in [2.45, 2.75) is 18.7 Å². The number of hydrogen-bond acceptors (Lipinski definition) is 1. The summed E-state index contributed by atoms with van der Waals surface area (Å²) < 4.78 is 1.85. The molecule has 0 aliphatic carbocycles. The van der Waals surface area contributed by atoms with Crippen molar-refractivity contribution in [3.63, 3.8) is 0 Å². The van der Waals surface area contributed by atoms with Gasteiger partial charge in [-0.1, -0.05) is 33.1 Å². The minimum absolute atomic E-state index is 0.364. The van der Waals surface area contributed by atoms with Gasteiger partial charge in [-0.3, -0.25) is 0 Å². The Morgan fingerprint density at radius 2 is 2.38 bits per heavy atom. The summed E-state index contributed by atoms with van der Waals surface area (Å²) in [5.74, 6) is 0.883. The first kappa shape index (κ1) is 10.8. The van der Waals surface area contributed by atoms with Crippen molar-refractivity contribution in [2.75, 3.05) is 0 Å². The standard InChI is InChI=1S/C9H12BrClN2/c1-6(7(2)10)4-9-12-5-8(11)13(9)3/h4-5,7H,1-3H3/b6-4+. The molecule has 0 aliphatic heterocycles. The van der Waals surface area contributed by atoms with E-state index in [1.807, 2.05) is 17.7 Å². The second-order valence-corrected chi connectivity index (χ2v) is 4.76. The maximum Gasteiger partial charge on any atom is 0.133 e. The van der Waals surface area contributed by atoms with Gasteiger partial charge in [0.05, 0.1) is 6.20 Å². The van der Waals surface area contributed by atoms with Crippen LogP contribution in [-0.2, 0) is 7.05 Å². The summed E-state index contributed by atoms with van der Waals surface area (Å²) in [7, 11) is 1.90. The lowest BCUT2D eigenvalue weighted by Crippen LogP contribution is -1.96. The van der Waals surface area contributed by atoms with Crippen LogP contribution in [0.5, 0.6) is 0 Å². The molecule has 1 atom stereocenters. The molecule has 0 bridgehead atoms. The fraction of sp³-hybridized carbons (Fsp3) is 0.444. The Morgan fingerprint density at radius 1 is 1.77 bits per heavy atom. The van der Waals surface area contributed by atoms with E-state index >= 15 is 0 Å². The van der Waals surface area contributed by atoms with Gasteiger partial charge >= 0.3 is 0 Å². The molecule has 0 saturated carbocycles. The molecule has 2 nitrogen and oxygen atoms in total. The molecule has 0 N–H and O–H groups in total. The number of halogens is 2. The highest BCUT2D eigenvalue weighted by Crippen LogP contribution is 2.16. The smallest absolute Gasteiger partial charge is 0.133 e. The topological polar surface area (TPSA) is 17.8 Å². The second-order valence-electron chi connectivity index (χ2n) is 3.00. The summed E-state index contributed by atoms with van der Waals surface area (Å²) >= 11 is 9.34. The average molecular weight is 264 g/mol. The first-order chi connectivity index (χ1) is 6.02. The van der Waals surface area contributed by atoms with Gasteiger partial charge in [-0.25, -0.2) is 4.98 Å². The lowest BCUT2D eigenvalue weighted by molar-refractivity contribution is 0.895. The zero-order valence-corrected chi connectivity index (χ0v) is 10.2. The summed E-state index contributed by atoms with van der Waals surface area (Å²) in [6.07, 6.45) is 3.67. The maximum absolute atomic E-state index is 5.85. The molecule has 1 heterocycles. The van der Waals surface area contributed by atoms with Crippen molar-refractivity contribution in [1.29, 1.82) is 0 Å². The van der Waals surface area contributed by atoms with E-state index in [0.717, 1.165) is 5.82 Å². The zero-order valence-electron chi connectivity index (χ0n) is 7.88.